The Morgan fingerprint density at radius 1 is 1.00 bits per heavy atom. The van der Waals surface area contributed by atoms with Gasteiger partial charge in [-0.2, -0.15) is 0 Å². The summed E-state index contributed by atoms with van der Waals surface area (Å²) in [5.41, 5.74) is 0.863. The number of ketones is 1. The molecule has 0 radical (unpaired) electrons. The van der Waals surface area contributed by atoms with Crippen molar-refractivity contribution in [3.05, 3.63) is 35.9 Å². The normalized spacial score (nSPS) is 25.0. The topological polar surface area (TPSA) is 49.4 Å². The minimum Gasteiger partial charge on any atom is -0.354 e. The molecular weight excluding hydrogens is 324 g/mol. The summed E-state index contributed by atoms with van der Waals surface area (Å²) < 4.78 is 0. The highest BCUT2D eigenvalue weighted by Gasteiger charge is 2.27. The van der Waals surface area contributed by atoms with Gasteiger partial charge >= 0.3 is 0 Å². The second-order valence-electron chi connectivity index (χ2n) is 8.05. The molecule has 1 amide bonds. The highest BCUT2D eigenvalue weighted by Crippen LogP contribution is 2.28. The third-order valence-electron chi connectivity index (χ3n) is 6.12. The molecule has 142 valence electrons. The lowest BCUT2D eigenvalue weighted by Gasteiger charge is -2.34. The molecule has 1 aliphatic heterocycles. The zero-order chi connectivity index (χ0) is 18.4. The van der Waals surface area contributed by atoms with Crippen molar-refractivity contribution in [2.24, 2.45) is 11.8 Å². The molecule has 0 aromatic heterocycles. The van der Waals surface area contributed by atoms with Gasteiger partial charge in [0.1, 0.15) is 0 Å². The average molecular weight is 357 g/mol. The van der Waals surface area contributed by atoms with Crippen molar-refractivity contribution in [1.29, 1.82) is 0 Å². The van der Waals surface area contributed by atoms with Gasteiger partial charge in [0.2, 0.25) is 5.91 Å². The van der Waals surface area contributed by atoms with Crippen molar-refractivity contribution in [2.75, 3.05) is 19.6 Å². The molecule has 1 aromatic carbocycles. The van der Waals surface area contributed by atoms with Crippen molar-refractivity contribution >= 4 is 11.7 Å². The van der Waals surface area contributed by atoms with Gasteiger partial charge in [0.05, 0.1) is 0 Å². The van der Waals surface area contributed by atoms with Crippen LogP contribution in [0.1, 0.15) is 62.2 Å². The van der Waals surface area contributed by atoms with Gasteiger partial charge in [-0.05, 0) is 70.5 Å². The lowest BCUT2D eigenvalue weighted by molar-refractivity contribution is -0.119. The number of carbonyl (C=O) groups is 2. The fraction of sp³-hybridized carbons (Fsp3) is 0.636. The monoisotopic (exact) mass is 356 g/mol. The molecule has 1 heterocycles. The van der Waals surface area contributed by atoms with Crippen LogP contribution in [-0.2, 0) is 4.79 Å². The minimum atomic E-state index is 0.0985. The standard InChI is InChI=1S/C22H32N2O2/c1-17(25)23-21-9-7-18(8-10-21)11-14-24-15-12-20(13-16-24)22(26)19-5-3-2-4-6-19/h2-6,18,20-21H,7-16H2,1H3,(H,23,25). The number of hydrogen-bond acceptors (Lipinski definition) is 3. The molecule has 2 fully saturated rings. The molecule has 1 N–H and O–H groups in total. The number of nitrogens with one attached hydrogen (secondary N) is 1. The summed E-state index contributed by atoms with van der Waals surface area (Å²) in [6, 6.07) is 10.1. The molecule has 1 aromatic rings. The van der Waals surface area contributed by atoms with Gasteiger partial charge in [0.25, 0.3) is 0 Å². The van der Waals surface area contributed by atoms with Crippen molar-refractivity contribution < 1.29 is 9.59 Å². The van der Waals surface area contributed by atoms with Crippen molar-refractivity contribution in [3.8, 4) is 0 Å². The maximum atomic E-state index is 12.6. The number of hydrogen-bond donors (Lipinski definition) is 1. The lowest BCUT2D eigenvalue weighted by atomic mass is 9.83. The van der Waals surface area contributed by atoms with E-state index in [9.17, 15) is 9.59 Å². The molecule has 0 unspecified atom stereocenters. The van der Waals surface area contributed by atoms with E-state index in [4.69, 9.17) is 0 Å². The molecule has 2 aliphatic rings. The van der Waals surface area contributed by atoms with E-state index in [-0.39, 0.29) is 11.8 Å². The molecule has 4 nitrogen and oxygen atoms in total. The van der Waals surface area contributed by atoms with E-state index in [1.54, 1.807) is 6.92 Å². The Bertz CT molecular complexity index is 585. The molecular formula is C22H32N2O2. The highest BCUT2D eigenvalue weighted by atomic mass is 16.1. The Labute approximate surface area is 157 Å². The van der Waals surface area contributed by atoms with E-state index >= 15 is 0 Å². The molecule has 1 aliphatic carbocycles. The molecule has 26 heavy (non-hydrogen) atoms. The first-order valence-corrected chi connectivity index (χ1v) is 10.2. The Kier molecular flexibility index (Phi) is 6.84. The summed E-state index contributed by atoms with van der Waals surface area (Å²) in [5, 5.41) is 3.06. The number of carbonyl (C=O) groups excluding carboxylic acids is 2. The Morgan fingerprint density at radius 3 is 2.27 bits per heavy atom. The Balaban J connectivity index is 1.35. The summed E-state index contributed by atoms with van der Waals surface area (Å²) in [6.45, 7) is 4.86. The van der Waals surface area contributed by atoms with E-state index in [1.165, 1.54) is 19.3 Å². The number of Topliss-reactive ketones (excluding diaryl/α,β-unsaturated/α-hetero) is 1. The van der Waals surface area contributed by atoms with Gasteiger partial charge < -0.3 is 10.2 Å². The first-order chi connectivity index (χ1) is 12.6. The summed E-state index contributed by atoms with van der Waals surface area (Å²) >= 11 is 0. The predicted molar refractivity (Wildman–Crippen MR) is 104 cm³/mol. The number of likely N-dealkylation sites (tertiary alicyclic amines) is 1. The second kappa shape index (κ2) is 9.31. The molecule has 4 heteroatoms. The third-order valence-corrected chi connectivity index (χ3v) is 6.12. The highest BCUT2D eigenvalue weighted by molar-refractivity contribution is 5.97. The van der Waals surface area contributed by atoms with Crippen LogP contribution in [0.2, 0.25) is 0 Å². The van der Waals surface area contributed by atoms with Crippen LogP contribution in [-0.4, -0.2) is 42.3 Å². The number of rotatable bonds is 6. The number of nitrogens with zero attached hydrogens (tertiary/aromatic N) is 1. The largest absolute Gasteiger partial charge is 0.354 e. The Hall–Kier alpha value is -1.68. The fourth-order valence-electron chi connectivity index (χ4n) is 4.50. The van der Waals surface area contributed by atoms with Gasteiger partial charge in [0, 0.05) is 24.4 Å². The van der Waals surface area contributed by atoms with E-state index in [0.29, 0.717) is 11.8 Å². The molecule has 0 bridgehead atoms. The van der Waals surface area contributed by atoms with Gasteiger partial charge in [-0.3, -0.25) is 9.59 Å². The van der Waals surface area contributed by atoms with E-state index in [0.717, 1.165) is 56.8 Å². The molecule has 1 saturated heterocycles. The predicted octanol–water partition coefficient (Wildman–Crippen LogP) is 3.67. The van der Waals surface area contributed by atoms with Gasteiger partial charge in [0.15, 0.2) is 5.78 Å². The van der Waals surface area contributed by atoms with Gasteiger partial charge in [-0.25, -0.2) is 0 Å². The maximum absolute atomic E-state index is 12.6. The summed E-state index contributed by atoms with van der Waals surface area (Å²) in [6.07, 6.45) is 7.94. The van der Waals surface area contributed by atoms with Gasteiger partial charge in [-0.15, -0.1) is 0 Å². The number of piperidine rings is 1. The van der Waals surface area contributed by atoms with Crippen LogP contribution < -0.4 is 5.32 Å². The Morgan fingerprint density at radius 2 is 1.65 bits per heavy atom. The second-order valence-corrected chi connectivity index (χ2v) is 8.05. The van der Waals surface area contributed by atoms with Crippen molar-refractivity contribution in [1.82, 2.24) is 10.2 Å². The SMILES string of the molecule is CC(=O)NC1CCC(CCN2CCC(C(=O)c3ccccc3)CC2)CC1. The molecule has 0 spiro atoms. The zero-order valence-electron chi connectivity index (χ0n) is 16.0. The summed E-state index contributed by atoms with van der Waals surface area (Å²) in [5.74, 6) is 1.41. The van der Waals surface area contributed by atoms with E-state index < -0.39 is 0 Å². The zero-order valence-corrected chi connectivity index (χ0v) is 16.0. The van der Waals surface area contributed by atoms with Crippen LogP contribution in [0.15, 0.2) is 30.3 Å². The van der Waals surface area contributed by atoms with Crippen LogP contribution in [0.25, 0.3) is 0 Å². The molecule has 3 rings (SSSR count). The summed E-state index contributed by atoms with van der Waals surface area (Å²) in [4.78, 5) is 26.3. The van der Waals surface area contributed by atoms with Crippen LogP contribution in [0.5, 0.6) is 0 Å². The van der Waals surface area contributed by atoms with Crippen LogP contribution in [0.3, 0.4) is 0 Å². The number of amides is 1. The first kappa shape index (κ1) is 19.1. The van der Waals surface area contributed by atoms with Gasteiger partial charge in [-0.1, -0.05) is 30.3 Å². The minimum absolute atomic E-state index is 0.0985. The maximum Gasteiger partial charge on any atom is 0.217 e. The van der Waals surface area contributed by atoms with Crippen LogP contribution >= 0.6 is 0 Å². The molecule has 1 saturated carbocycles. The van der Waals surface area contributed by atoms with E-state index in [2.05, 4.69) is 10.2 Å². The van der Waals surface area contributed by atoms with Crippen molar-refractivity contribution in [3.63, 3.8) is 0 Å². The molecule has 0 atom stereocenters. The number of benzene rings is 1. The quantitative estimate of drug-likeness (QED) is 0.791. The summed E-state index contributed by atoms with van der Waals surface area (Å²) in [7, 11) is 0. The van der Waals surface area contributed by atoms with Crippen molar-refractivity contribution in [2.45, 2.75) is 57.9 Å². The van der Waals surface area contributed by atoms with Crippen LogP contribution in [0, 0.1) is 11.8 Å². The van der Waals surface area contributed by atoms with E-state index in [1.807, 2.05) is 30.3 Å². The fourth-order valence-corrected chi connectivity index (χ4v) is 4.50. The third kappa shape index (κ3) is 5.41. The lowest BCUT2D eigenvalue weighted by Crippen LogP contribution is -2.39. The smallest absolute Gasteiger partial charge is 0.217 e. The first-order valence-electron chi connectivity index (χ1n) is 10.2. The van der Waals surface area contributed by atoms with Crippen LogP contribution in [0.4, 0.5) is 0 Å². The average Bonchev–Trinajstić information content (AvgIpc) is 2.67.